The molecule has 0 fully saturated rings. The molecular weight excluding hydrogens is 360 g/mol. The van der Waals surface area contributed by atoms with Crippen molar-refractivity contribution < 1.29 is 0 Å². The number of hydrogen-bond acceptors (Lipinski definition) is 3. The number of pyridine rings is 1. The topological polar surface area (TPSA) is 67.1 Å². The first kappa shape index (κ1) is 20.6. The molecule has 0 aliphatic carbocycles. The predicted molar refractivity (Wildman–Crippen MR) is 118 cm³/mol. The quantitative estimate of drug-likeness (QED) is 0.350. The van der Waals surface area contributed by atoms with Gasteiger partial charge in [0.25, 0.3) is 0 Å². The first-order valence-electron chi connectivity index (χ1n) is 10.1. The summed E-state index contributed by atoms with van der Waals surface area (Å²) < 4.78 is 1.88. The summed E-state index contributed by atoms with van der Waals surface area (Å²) in [5.74, 6) is 2.24. The van der Waals surface area contributed by atoms with Crippen molar-refractivity contribution in [3.8, 4) is 5.82 Å². The fourth-order valence-corrected chi connectivity index (χ4v) is 3.04. The van der Waals surface area contributed by atoms with Gasteiger partial charge in [-0.05, 0) is 41.5 Å². The Morgan fingerprint density at radius 1 is 1.07 bits per heavy atom. The summed E-state index contributed by atoms with van der Waals surface area (Å²) in [5, 5.41) is 6.72. The molecule has 2 heterocycles. The summed E-state index contributed by atoms with van der Waals surface area (Å²) in [4.78, 5) is 12.8. The number of imidazole rings is 1. The Hall–Kier alpha value is -3.15. The van der Waals surface area contributed by atoms with Gasteiger partial charge in [0.15, 0.2) is 5.96 Å². The van der Waals surface area contributed by atoms with E-state index in [1.165, 1.54) is 11.1 Å². The molecule has 3 rings (SSSR count). The van der Waals surface area contributed by atoms with Crippen molar-refractivity contribution in [1.82, 2.24) is 25.2 Å². The second-order valence-electron chi connectivity index (χ2n) is 7.35. The van der Waals surface area contributed by atoms with E-state index in [1.54, 1.807) is 19.6 Å². The van der Waals surface area contributed by atoms with E-state index in [4.69, 9.17) is 0 Å². The largest absolute Gasteiger partial charge is 0.356 e. The number of guanidine groups is 1. The molecule has 152 valence electrons. The van der Waals surface area contributed by atoms with Crippen molar-refractivity contribution in [3.05, 3.63) is 78.0 Å². The third-order valence-electron chi connectivity index (χ3n) is 4.84. The molecule has 0 unspecified atom stereocenters. The van der Waals surface area contributed by atoms with Crippen LogP contribution < -0.4 is 10.6 Å². The van der Waals surface area contributed by atoms with Crippen molar-refractivity contribution >= 4 is 5.96 Å². The first-order chi connectivity index (χ1) is 14.2. The second-order valence-corrected chi connectivity index (χ2v) is 7.35. The Bertz CT molecular complexity index is 880. The van der Waals surface area contributed by atoms with Crippen molar-refractivity contribution in [2.24, 2.45) is 4.99 Å². The Morgan fingerprint density at radius 2 is 1.86 bits per heavy atom. The highest BCUT2D eigenvalue weighted by Crippen LogP contribution is 2.15. The van der Waals surface area contributed by atoms with Gasteiger partial charge in [0.1, 0.15) is 12.1 Å². The van der Waals surface area contributed by atoms with Crippen molar-refractivity contribution in [2.75, 3.05) is 13.6 Å². The van der Waals surface area contributed by atoms with E-state index in [2.05, 4.69) is 69.8 Å². The average molecular weight is 391 g/mol. The molecule has 6 nitrogen and oxygen atoms in total. The number of nitrogens with one attached hydrogen (secondary N) is 2. The molecule has 3 aromatic rings. The average Bonchev–Trinajstić information content (AvgIpc) is 3.29. The van der Waals surface area contributed by atoms with Gasteiger partial charge in [-0.1, -0.05) is 44.2 Å². The Kier molecular flexibility index (Phi) is 7.39. The molecule has 29 heavy (non-hydrogen) atoms. The number of benzene rings is 1. The molecular formula is C23H30N6. The molecule has 1 aromatic carbocycles. The zero-order chi connectivity index (χ0) is 20.5. The monoisotopic (exact) mass is 390 g/mol. The lowest BCUT2D eigenvalue weighted by atomic mass is 10.0. The molecule has 0 aliphatic rings. The lowest BCUT2D eigenvalue weighted by Gasteiger charge is -2.12. The van der Waals surface area contributed by atoms with Crippen LogP contribution in [0.1, 0.15) is 42.9 Å². The van der Waals surface area contributed by atoms with Gasteiger partial charge in [-0.2, -0.15) is 0 Å². The van der Waals surface area contributed by atoms with Crippen LogP contribution in [0.15, 0.2) is 66.3 Å². The van der Waals surface area contributed by atoms with Crippen LogP contribution in [0.5, 0.6) is 0 Å². The highest BCUT2D eigenvalue weighted by atomic mass is 15.2. The van der Waals surface area contributed by atoms with Gasteiger partial charge in [0.2, 0.25) is 0 Å². The van der Waals surface area contributed by atoms with Gasteiger partial charge in [-0.15, -0.1) is 0 Å². The molecule has 0 saturated carbocycles. The van der Waals surface area contributed by atoms with E-state index in [1.807, 2.05) is 23.0 Å². The number of aliphatic imine (C=N–C) groups is 1. The number of nitrogens with zero attached hydrogens (tertiary/aromatic N) is 4. The number of rotatable bonds is 8. The fraction of sp³-hybridized carbons (Fsp3) is 0.348. The van der Waals surface area contributed by atoms with Crippen LogP contribution >= 0.6 is 0 Å². The zero-order valence-corrected chi connectivity index (χ0v) is 17.5. The van der Waals surface area contributed by atoms with E-state index in [0.717, 1.165) is 36.7 Å². The van der Waals surface area contributed by atoms with Crippen molar-refractivity contribution in [2.45, 2.75) is 39.2 Å². The number of aromatic nitrogens is 3. The normalized spacial score (nSPS) is 11.7. The maximum Gasteiger partial charge on any atom is 0.191 e. The van der Waals surface area contributed by atoms with E-state index >= 15 is 0 Å². The third kappa shape index (κ3) is 6.17. The molecule has 6 heteroatoms. The minimum absolute atomic E-state index is 0.581. The Labute approximate surface area is 173 Å². The molecule has 0 saturated heterocycles. The number of aryl methyl sites for hydroxylation is 1. The maximum atomic E-state index is 4.47. The predicted octanol–water partition coefficient (Wildman–Crippen LogP) is 3.69. The fourth-order valence-electron chi connectivity index (χ4n) is 3.04. The summed E-state index contributed by atoms with van der Waals surface area (Å²) in [7, 11) is 1.79. The van der Waals surface area contributed by atoms with Gasteiger partial charge in [-0.25, -0.2) is 9.97 Å². The van der Waals surface area contributed by atoms with Crippen LogP contribution in [-0.4, -0.2) is 34.1 Å². The summed E-state index contributed by atoms with van der Waals surface area (Å²) in [6.45, 7) is 6.00. The number of hydrogen-bond donors (Lipinski definition) is 2. The summed E-state index contributed by atoms with van der Waals surface area (Å²) in [6, 6.07) is 13.0. The minimum atomic E-state index is 0.581. The summed E-state index contributed by atoms with van der Waals surface area (Å²) >= 11 is 0. The summed E-state index contributed by atoms with van der Waals surface area (Å²) in [5.41, 5.74) is 3.87. The van der Waals surface area contributed by atoms with Crippen LogP contribution in [0.25, 0.3) is 5.82 Å². The van der Waals surface area contributed by atoms with Crippen LogP contribution in [0.2, 0.25) is 0 Å². The van der Waals surface area contributed by atoms with Gasteiger partial charge in [0, 0.05) is 38.7 Å². The maximum absolute atomic E-state index is 4.47. The van der Waals surface area contributed by atoms with E-state index < -0.39 is 0 Å². The highest BCUT2D eigenvalue weighted by Gasteiger charge is 2.02. The Balaban J connectivity index is 1.39. The van der Waals surface area contributed by atoms with Gasteiger partial charge in [0.05, 0.1) is 0 Å². The van der Waals surface area contributed by atoms with E-state index in [-0.39, 0.29) is 0 Å². The highest BCUT2D eigenvalue weighted by molar-refractivity contribution is 5.79. The molecule has 0 spiro atoms. The lowest BCUT2D eigenvalue weighted by molar-refractivity contribution is 0.740. The Morgan fingerprint density at radius 3 is 2.48 bits per heavy atom. The third-order valence-corrected chi connectivity index (χ3v) is 4.84. The van der Waals surface area contributed by atoms with Crippen LogP contribution in [0, 0.1) is 0 Å². The van der Waals surface area contributed by atoms with Crippen LogP contribution in [0.3, 0.4) is 0 Å². The second kappa shape index (κ2) is 10.4. The van der Waals surface area contributed by atoms with Gasteiger partial charge >= 0.3 is 0 Å². The van der Waals surface area contributed by atoms with Crippen LogP contribution in [0.4, 0.5) is 0 Å². The first-order valence-corrected chi connectivity index (χ1v) is 10.1. The smallest absolute Gasteiger partial charge is 0.191 e. The van der Waals surface area contributed by atoms with Gasteiger partial charge in [-0.3, -0.25) is 9.56 Å². The zero-order valence-electron chi connectivity index (χ0n) is 17.5. The van der Waals surface area contributed by atoms with E-state index in [0.29, 0.717) is 12.5 Å². The molecule has 0 atom stereocenters. The minimum Gasteiger partial charge on any atom is -0.356 e. The summed E-state index contributed by atoms with van der Waals surface area (Å²) in [6.07, 6.45) is 9.35. The standard InChI is InChI=1S/C23H30N6/c1-18(2)21-9-6-19(7-10-21)5-4-12-26-23(24-3)28-16-20-8-11-22(27-15-20)29-14-13-25-17-29/h6-11,13-15,17-18H,4-5,12,16H2,1-3H3,(H2,24,26,28). The molecule has 2 aromatic heterocycles. The molecule has 0 bridgehead atoms. The molecule has 0 aliphatic heterocycles. The molecule has 0 radical (unpaired) electrons. The lowest BCUT2D eigenvalue weighted by Crippen LogP contribution is -2.37. The van der Waals surface area contributed by atoms with Crippen molar-refractivity contribution in [1.29, 1.82) is 0 Å². The van der Waals surface area contributed by atoms with Gasteiger partial charge < -0.3 is 10.6 Å². The SMILES string of the molecule is CN=C(NCCCc1ccc(C(C)C)cc1)NCc1ccc(-n2ccnc2)nc1. The van der Waals surface area contributed by atoms with Crippen LogP contribution in [-0.2, 0) is 13.0 Å². The van der Waals surface area contributed by atoms with E-state index in [9.17, 15) is 0 Å². The molecule has 2 N–H and O–H groups in total. The molecule has 0 amide bonds. The van der Waals surface area contributed by atoms with Crippen molar-refractivity contribution in [3.63, 3.8) is 0 Å².